The minimum atomic E-state index is 0.798. The fourth-order valence-corrected chi connectivity index (χ4v) is 1.39. The Bertz CT molecular complexity index is 420. The normalized spacial score (nSPS) is 12.1. The molecule has 0 amide bonds. The van der Waals surface area contributed by atoms with E-state index < -0.39 is 0 Å². The van der Waals surface area contributed by atoms with Gasteiger partial charge in [0.1, 0.15) is 11.5 Å². The predicted octanol–water partition coefficient (Wildman–Crippen LogP) is 5.40. The zero-order valence-electron chi connectivity index (χ0n) is 12.2. The number of hydrogen-bond donors (Lipinski definition) is 0. The Morgan fingerprint density at radius 2 is 1.10 bits per heavy atom. The van der Waals surface area contributed by atoms with Crippen LogP contribution in [0.2, 0.25) is 0 Å². The molecule has 0 aromatic heterocycles. The first kappa shape index (κ1) is 15.8. The molecule has 0 aliphatic carbocycles. The summed E-state index contributed by atoms with van der Waals surface area (Å²) < 4.78 is 10.9. The van der Waals surface area contributed by atoms with Gasteiger partial charge < -0.3 is 9.47 Å². The lowest BCUT2D eigenvalue weighted by molar-refractivity contribution is 0.466. The molecule has 2 nitrogen and oxygen atoms in total. The van der Waals surface area contributed by atoms with E-state index in [1.54, 1.807) is 12.5 Å². The Hall–Kier alpha value is -2.22. The van der Waals surface area contributed by atoms with Gasteiger partial charge in [-0.25, -0.2) is 0 Å². The molecule has 0 atom stereocenters. The molecule has 0 aliphatic heterocycles. The first-order valence-corrected chi connectivity index (χ1v) is 6.82. The van der Waals surface area contributed by atoms with Gasteiger partial charge in [0.2, 0.25) is 0 Å². The highest BCUT2D eigenvalue weighted by atomic mass is 16.5. The third-order valence-corrected chi connectivity index (χ3v) is 2.44. The summed E-state index contributed by atoms with van der Waals surface area (Å²) in [5, 5.41) is 0. The maximum atomic E-state index is 5.47. The lowest BCUT2D eigenvalue weighted by atomic mass is 10.3. The molecule has 2 heteroatoms. The number of hydrogen-bond acceptors (Lipinski definition) is 2. The Morgan fingerprint density at radius 1 is 0.700 bits per heavy atom. The number of benzene rings is 1. The summed E-state index contributed by atoms with van der Waals surface area (Å²) in [6.45, 7) is 4.00. The molecule has 0 radical (unpaired) electrons. The minimum Gasteiger partial charge on any atom is -0.465 e. The van der Waals surface area contributed by atoms with Gasteiger partial charge in [0.15, 0.2) is 0 Å². The molecular weight excluding hydrogens is 248 g/mol. The van der Waals surface area contributed by atoms with Gasteiger partial charge >= 0.3 is 0 Å². The molecule has 0 bridgehead atoms. The monoisotopic (exact) mass is 270 g/mol. The maximum absolute atomic E-state index is 5.47. The van der Waals surface area contributed by atoms with Crippen LogP contribution >= 0.6 is 0 Å². The van der Waals surface area contributed by atoms with Crippen LogP contribution in [0.3, 0.4) is 0 Å². The Kier molecular flexibility index (Phi) is 8.46. The molecule has 1 aromatic carbocycles. The summed E-state index contributed by atoms with van der Waals surface area (Å²) in [7, 11) is 0. The van der Waals surface area contributed by atoms with Crippen LogP contribution in [0.5, 0.6) is 11.5 Å². The summed E-state index contributed by atoms with van der Waals surface area (Å²) in [5.41, 5.74) is 0. The van der Waals surface area contributed by atoms with E-state index in [2.05, 4.69) is 12.2 Å². The first-order chi connectivity index (χ1) is 9.86. The second-order valence-electron chi connectivity index (χ2n) is 4.06. The molecule has 0 saturated heterocycles. The highest BCUT2D eigenvalue weighted by Crippen LogP contribution is 2.18. The summed E-state index contributed by atoms with van der Waals surface area (Å²) >= 11 is 0. The fourth-order valence-electron chi connectivity index (χ4n) is 1.39. The molecule has 1 rings (SSSR count). The molecular formula is C18H22O2. The number of allylic oxidation sites excluding steroid dienone is 6. The van der Waals surface area contributed by atoms with E-state index >= 15 is 0 Å². The third kappa shape index (κ3) is 7.27. The average molecular weight is 270 g/mol. The van der Waals surface area contributed by atoms with Gasteiger partial charge in [-0.05, 0) is 63.1 Å². The molecule has 1 aromatic rings. The average Bonchev–Trinajstić information content (AvgIpc) is 2.48. The van der Waals surface area contributed by atoms with Gasteiger partial charge in [0.05, 0.1) is 12.5 Å². The second kappa shape index (κ2) is 10.7. The molecule has 0 spiro atoms. The lowest BCUT2D eigenvalue weighted by Gasteiger charge is -2.02. The quantitative estimate of drug-likeness (QED) is 0.465. The van der Waals surface area contributed by atoms with E-state index in [0.717, 1.165) is 24.3 Å². The van der Waals surface area contributed by atoms with Crippen molar-refractivity contribution in [1.82, 2.24) is 0 Å². The standard InChI is InChI=1S/C18H22O2/c1-3-5-7-9-15-19-17-11-13-18(14-12-17)20-16-10-8-6-4-2/h3-6,9-16H,7-8H2,1-2H3/b5-3+,6-4+,15-9+,16-10+. The van der Waals surface area contributed by atoms with Crippen LogP contribution in [0, 0.1) is 0 Å². The van der Waals surface area contributed by atoms with Crippen molar-refractivity contribution in [1.29, 1.82) is 0 Å². The summed E-state index contributed by atoms with van der Waals surface area (Å²) in [5.74, 6) is 1.60. The van der Waals surface area contributed by atoms with Gasteiger partial charge in [-0.15, -0.1) is 0 Å². The van der Waals surface area contributed by atoms with Gasteiger partial charge in [0.25, 0.3) is 0 Å². The summed E-state index contributed by atoms with van der Waals surface area (Å²) in [6.07, 6.45) is 17.3. The molecule has 0 heterocycles. The minimum absolute atomic E-state index is 0.798. The highest BCUT2D eigenvalue weighted by molar-refractivity contribution is 5.32. The van der Waals surface area contributed by atoms with Crippen LogP contribution < -0.4 is 9.47 Å². The molecule has 20 heavy (non-hydrogen) atoms. The van der Waals surface area contributed by atoms with Crippen molar-refractivity contribution >= 4 is 0 Å². The topological polar surface area (TPSA) is 18.5 Å². The predicted molar refractivity (Wildman–Crippen MR) is 84.8 cm³/mol. The van der Waals surface area contributed by atoms with Crippen LogP contribution in [0.25, 0.3) is 0 Å². The van der Waals surface area contributed by atoms with Crippen molar-refractivity contribution < 1.29 is 9.47 Å². The van der Waals surface area contributed by atoms with Gasteiger partial charge in [-0.1, -0.05) is 24.3 Å². The first-order valence-electron chi connectivity index (χ1n) is 6.82. The SMILES string of the molecule is C/C=C/C/C=C/Oc1ccc(O/C=C/C/C=C/C)cc1. The maximum Gasteiger partial charge on any atom is 0.126 e. The largest absolute Gasteiger partial charge is 0.465 e. The zero-order valence-corrected chi connectivity index (χ0v) is 12.2. The van der Waals surface area contributed by atoms with Crippen LogP contribution in [0.4, 0.5) is 0 Å². The van der Waals surface area contributed by atoms with Crippen LogP contribution in [0.1, 0.15) is 26.7 Å². The third-order valence-electron chi connectivity index (χ3n) is 2.44. The van der Waals surface area contributed by atoms with E-state index in [4.69, 9.17) is 9.47 Å². The van der Waals surface area contributed by atoms with E-state index in [1.165, 1.54) is 0 Å². The van der Waals surface area contributed by atoms with E-state index in [0.29, 0.717) is 0 Å². The van der Waals surface area contributed by atoms with Crippen molar-refractivity contribution in [3.63, 3.8) is 0 Å². The molecule has 0 N–H and O–H groups in total. The summed E-state index contributed by atoms with van der Waals surface area (Å²) in [4.78, 5) is 0. The Balaban J connectivity index is 2.36. The van der Waals surface area contributed by atoms with E-state index in [9.17, 15) is 0 Å². The molecule has 0 saturated carbocycles. The zero-order chi connectivity index (χ0) is 14.5. The van der Waals surface area contributed by atoms with Crippen molar-refractivity contribution in [2.75, 3.05) is 0 Å². The van der Waals surface area contributed by atoms with Crippen LogP contribution in [-0.4, -0.2) is 0 Å². The van der Waals surface area contributed by atoms with E-state index in [1.807, 2.05) is 62.4 Å². The van der Waals surface area contributed by atoms with Crippen molar-refractivity contribution in [3.8, 4) is 11.5 Å². The molecule has 0 fully saturated rings. The van der Waals surface area contributed by atoms with Crippen molar-refractivity contribution in [3.05, 3.63) is 73.2 Å². The lowest BCUT2D eigenvalue weighted by Crippen LogP contribution is -1.84. The molecule has 0 aliphatic rings. The molecule has 0 unspecified atom stereocenters. The van der Waals surface area contributed by atoms with Gasteiger partial charge in [-0.3, -0.25) is 0 Å². The number of ether oxygens (including phenoxy) is 2. The highest BCUT2D eigenvalue weighted by Gasteiger charge is 1.93. The second-order valence-corrected chi connectivity index (χ2v) is 4.06. The Labute approximate surface area is 121 Å². The fraction of sp³-hybridized carbons (Fsp3) is 0.222. The number of rotatable bonds is 8. The van der Waals surface area contributed by atoms with Gasteiger partial charge in [0, 0.05) is 0 Å². The van der Waals surface area contributed by atoms with Crippen LogP contribution in [0.15, 0.2) is 73.2 Å². The molecule has 106 valence electrons. The Morgan fingerprint density at radius 3 is 1.45 bits per heavy atom. The van der Waals surface area contributed by atoms with Crippen molar-refractivity contribution in [2.45, 2.75) is 26.7 Å². The van der Waals surface area contributed by atoms with Crippen molar-refractivity contribution in [2.24, 2.45) is 0 Å². The van der Waals surface area contributed by atoms with Gasteiger partial charge in [-0.2, -0.15) is 0 Å². The smallest absolute Gasteiger partial charge is 0.126 e. The van der Waals surface area contributed by atoms with E-state index in [-0.39, 0.29) is 0 Å². The summed E-state index contributed by atoms with van der Waals surface area (Å²) in [6, 6.07) is 7.54. The van der Waals surface area contributed by atoms with Crippen LogP contribution in [-0.2, 0) is 0 Å².